The Morgan fingerprint density at radius 2 is 1.42 bits per heavy atom. The highest BCUT2D eigenvalue weighted by atomic mass is 32.1. The summed E-state index contributed by atoms with van der Waals surface area (Å²) < 4.78 is 104. The van der Waals surface area contributed by atoms with Gasteiger partial charge in [0.2, 0.25) is 0 Å². The van der Waals surface area contributed by atoms with Gasteiger partial charge in [-0.25, -0.2) is 4.39 Å². The average molecular weight is 484 g/mol. The van der Waals surface area contributed by atoms with Crippen molar-refractivity contribution in [3.8, 4) is 16.5 Å². The fraction of sp³-hybridized carbons (Fsp3) is 0.261. The zero-order valence-corrected chi connectivity index (χ0v) is 18.2. The van der Waals surface area contributed by atoms with Crippen LogP contribution in [-0.4, -0.2) is 22.3 Å². The summed E-state index contributed by atoms with van der Waals surface area (Å²) in [5, 5.41) is 9.21. The van der Waals surface area contributed by atoms with E-state index in [1.54, 1.807) is 6.07 Å². The third-order valence-electron chi connectivity index (χ3n) is 5.90. The maximum absolute atomic E-state index is 15.1. The van der Waals surface area contributed by atoms with Gasteiger partial charge >= 0.3 is 17.8 Å². The fourth-order valence-corrected chi connectivity index (χ4v) is 5.01. The van der Waals surface area contributed by atoms with Crippen molar-refractivity contribution < 1.29 is 30.7 Å². The van der Waals surface area contributed by atoms with E-state index in [0.29, 0.717) is 10.4 Å². The van der Waals surface area contributed by atoms with Gasteiger partial charge in [0.25, 0.3) is 0 Å². The summed E-state index contributed by atoms with van der Waals surface area (Å²) in [5.74, 6) is -16.6. The molecule has 1 aliphatic carbocycles. The quantitative estimate of drug-likeness (QED) is 0.361. The number of allylic oxidation sites excluding steroid dienone is 2. The SMILES string of the molecule is Cc1sc(-c2ccc(F)cc2)cc1C1=C(c2cc(C#N)n(C)c2C)C(F)(F)C(F)(F)C1(F)F. The molecule has 33 heavy (non-hydrogen) atoms. The van der Waals surface area contributed by atoms with Crippen LogP contribution in [-0.2, 0) is 7.05 Å². The Labute approximate surface area is 188 Å². The van der Waals surface area contributed by atoms with Crippen LogP contribution in [0.1, 0.15) is 27.4 Å². The van der Waals surface area contributed by atoms with E-state index < -0.39 is 45.9 Å². The van der Waals surface area contributed by atoms with E-state index in [4.69, 9.17) is 0 Å². The van der Waals surface area contributed by atoms with E-state index in [0.717, 1.165) is 35.6 Å². The highest BCUT2D eigenvalue weighted by molar-refractivity contribution is 7.15. The molecule has 1 aliphatic rings. The molecule has 0 fully saturated rings. The average Bonchev–Trinajstić information content (AvgIpc) is 3.28. The Morgan fingerprint density at radius 1 is 0.879 bits per heavy atom. The summed E-state index contributed by atoms with van der Waals surface area (Å²) in [6.07, 6.45) is 0. The number of halogens is 7. The summed E-state index contributed by atoms with van der Waals surface area (Å²) in [7, 11) is 1.35. The van der Waals surface area contributed by atoms with Gasteiger partial charge in [-0.2, -0.15) is 31.6 Å². The Kier molecular flexibility index (Phi) is 5.06. The van der Waals surface area contributed by atoms with Crippen LogP contribution in [0.5, 0.6) is 0 Å². The van der Waals surface area contributed by atoms with Crippen LogP contribution >= 0.6 is 11.3 Å². The predicted molar refractivity (Wildman–Crippen MR) is 111 cm³/mol. The standard InChI is InChI=1S/C23H15F7N2S/c1-11-16(8-15(10-31)32(11)3)19-20(22(27,28)23(29,30)21(19,25)26)17-9-18(33-12(17)2)13-4-6-14(24)7-5-13/h4-9H,1-3H3. The number of nitrogens with zero attached hydrogens (tertiary/aromatic N) is 2. The molecule has 2 nitrogen and oxygen atoms in total. The number of thiophene rings is 1. The first-order valence-electron chi connectivity index (χ1n) is 9.58. The summed E-state index contributed by atoms with van der Waals surface area (Å²) in [4.78, 5) is 0.440. The summed E-state index contributed by atoms with van der Waals surface area (Å²) in [6, 6.07) is 8.80. The Hall–Kier alpha value is -3.06. The number of hydrogen-bond acceptors (Lipinski definition) is 2. The molecule has 172 valence electrons. The minimum atomic E-state index is -5.69. The van der Waals surface area contributed by atoms with E-state index in [1.807, 2.05) is 0 Å². The molecule has 4 rings (SSSR count). The van der Waals surface area contributed by atoms with Crippen molar-refractivity contribution in [1.29, 1.82) is 5.26 Å². The Bertz CT molecular complexity index is 1340. The van der Waals surface area contributed by atoms with E-state index >= 15 is 17.6 Å². The number of rotatable bonds is 3. The second kappa shape index (κ2) is 7.22. The van der Waals surface area contributed by atoms with Gasteiger partial charge in [0.15, 0.2) is 0 Å². The number of aryl methyl sites for hydroxylation is 1. The summed E-state index contributed by atoms with van der Waals surface area (Å²) in [5.41, 5.74) is -3.72. The van der Waals surface area contributed by atoms with Gasteiger partial charge in [-0.15, -0.1) is 11.3 Å². The Balaban J connectivity index is 2.06. The van der Waals surface area contributed by atoms with Gasteiger partial charge < -0.3 is 4.57 Å². The number of alkyl halides is 6. The molecular weight excluding hydrogens is 469 g/mol. The van der Waals surface area contributed by atoms with Crippen LogP contribution in [0.15, 0.2) is 36.4 Å². The first-order valence-corrected chi connectivity index (χ1v) is 10.4. The smallest absolute Gasteiger partial charge is 0.339 e. The van der Waals surface area contributed by atoms with Crippen molar-refractivity contribution in [1.82, 2.24) is 4.57 Å². The number of nitriles is 1. The van der Waals surface area contributed by atoms with E-state index in [-0.39, 0.29) is 16.3 Å². The van der Waals surface area contributed by atoms with Crippen LogP contribution in [0.3, 0.4) is 0 Å². The molecular formula is C23H15F7N2S. The molecule has 0 unspecified atom stereocenters. The van der Waals surface area contributed by atoms with Crippen molar-refractivity contribution in [3.63, 3.8) is 0 Å². The van der Waals surface area contributed by atoms with Crippen LogP contribution in [0.25, 0.3) is 21.6 Å². The first-order chi connectivity index (χ1) is 15.3. The van der Waals surface area contributed by atoms with Crippen molar-refractivity contribution in [2.24, 2.45) is 7.05 Å². The van der Waals surface area contributed by atoms with Crippen LogP contribution < -0.4 is 0 Å². The van der Waals surface area contributed by atoms with E-state index in [2.05, 4.69) is 0 Å². The molecule has 3 aromatic rings. The first kappa shape index (κ1) is 23.1. The molecule has 10 heteroatoms. The monoisotopic (exact) mass is 484 g/mol. The van der Waals surface area contributed by atoms with Crippen LogP contribution in [0, 0.1) is 31.0 Å². The second-order valence-electron chi connectivity index (χ2n) is 7.76. The molecule has 1 aromatic carbocycles. The van der Waals surface area contributed by atoms with E-state index in [9.17, 15) is 18.4 Å². The molecule has 0 saturated heterocycles. The summed E-state index contributed by atoms with van der Waals surface area (Å²) >= 11 is 0.938. The predicted octanol–water partition coefficient (Wildman–Crippen LogP) is 7.21. The van der Waals surface area contributed by atoms with Crippen molar-refractivity contribution in [2.45, 2.75) is 31.6 Å². The molecule has 2 aromatic heterocycles. The van der Waals surface area contributed by atoms with Gasteiger partial charge in [-0.05, 0) is 49.2 Å². The van der Waals surface area contributed by atoms with Gasteiger partial charge in [0.05, 0.1) is 0 Å². The van der Waals surface area contributed by atoms with E-state index in [1.165, 1.54) is 37.6 Å². The molecule has 2 heterocycles. The molecule has 0 amide bonds. The topological polar surface area (TPSA) is 28.7 Å². The van der Waals surface area contributed by atoms with Crippen LogP contribution in [0.2, 0.25) is 0 Å². The summed E-state index contributed by atoms with van der Waals surface area (Å²) in [6.45, 7) is 2.65. The third kappa shape index (κ3) is 3.05. The number of benzene rings is 1. The highest BCUT2D eigenvalue weighted by Gasteiger charge is 2.80. The van der Waals surface area contributed by atoms with Crippen molar-refractivity contribution in [3.05, 3.63) is 69.6 Å². The van der Waals surface area contributed by atoms with Gasteiger partial charge in [0.1, 0.15) is 17.6 Å². The maximum atomic E-state index is 15.1. The highest BCUT2D eigenvalue weighted by Crippen LogP contribution is 2.65. The molecule has 0 N–H and O–H groups in total. The minimum Gasteiger partial charge on any atom is -0.339 e. The molecule has 0 radical (unpaired) electrons. The lowest BCUT2D eigenvalue weighted by Gasteiger charge is -2.25. The lowest BCUT2D eigenvalue weighted by Crippen LogP contribution is -2.48. The zero-order chi connectivity index (χ0) is 24.5. The molecule has 0 aliphatic heterocycles. The number of hydrogen-bond donors (Lipinski definition) is 0. The lowest BCUT2D eigenvalue weighted by atomic mass is 9.94. The minimum absolute atomic E-state index is 0.0288. The van der Waals surface area contributed by atoms with Crippen molar-refractivity contribution in [2.75, 3.05) is 0 Å². The normalized spacial score (nSPS) is 18.6. The largest absolute Gasteiger partial charge is 0.380 e. The lowest BCUT2D eigenvalue weighted by molar-refractivity contribution is -0.254. The van der Waals surface area contributed by atoms with Gasteiger partial charge in [0, 0.05) is 39.2 Å². The second-order valence-corrected chi connectivity index (χ2v) is 9.02. The van der Waals surface area contributed by atoms with Crippen LogP contribution in [0.4, 0.5) is 30.7 Å². The van der Waals surface area contributed by atoms with Crippen molar-refractivity contribution >= 4 is 22.5 Å². The third-order valence-corrected chi connectivity index (χ3v) is 7.00. The molecule has 0 spiro atoms. The fourth-order valence-electron chi connectivity index (χ4n) is 3.98. The van der Waals surface area contributed by atoms with Gasteiger partial charge in [-0.3, -0.25) is 0 Å². The maximum Gasteiger partial charge on any atom is 0.380 e. The molecule has 0 bridgehead atoms. The molecule has 0 saturated carbocycles. The number of aromatic nitrogens is 1. The molecule has 0 atom stereocenters. The van der Waals surface area contributed by atoms with Gasteiger partial charge in [-0.1, -0.05) is 12.1 Å². The Morgan fingerprint density at radius 3 is 1.94 bits per heavy atom. The zero-order valence-electron chi connectivity index (χ0n) is 17.4.